The second-order valence-corrected chi connectivity index (χ2v) is 2.02. The standard InChI is InChI=1S/C6H7NO3/c8-5-2-1-4(3-7-5)6(9)10/h1H,2-3H2,(H,7,8)(H,9,10). The average Bonchev–Trinajstić information content (AvgIpc) is 1.88. The van der Waals surface area contributed by atoms with Crippen molar-refractivity contribution in [2.75, 3.05) is 6.54 Å². The number of carbonyl (C=O) groups is 2. The summed E-state index contributed by atoms with van der Waals surface area (Å²) in [6.07, 6.45) is 1.61. The van der Waals surface area contributed by atoms with Crippen LogP contribution in [0, 0.1) is 0 Å². The smallest absolute Gasteiger partial charge is 0.333 e. The monoisotopic (exact) mass is 141 g/mol. The maximum atomic E-state index is 10.5. The maximum absolute atomic E-state index is 10.5. The Balaban J connectivity index is 2.65. The normalized spacial score (nSPS) is 17.6. The first-order valence-corrected chi connectivity index (χ1v) is 2.89. The van der Waals surface area contributed by atoms with Gasteiger partial charge < -0.3 is 10.4 Å². The number of nitrogens with one attached hydrogen (secondary N) is 1. The largest absolute Gasteiger partial charge is 0.478 e. The van der Waals surface area contributed by atoms with E-state index in [0.29, 0.717) is 0 Å². The van der Waals surface area contributed by atoms with Crippen LogP contribution in [0.4, 0.5) is 0 Å². The number of aliphatic carboxylic acids is 1. The van der Waals surface area contributed by atoms with Crippen LogP contribution in [-0.4, -0.2) is 23.5 Å². The van der Waals surface area contributed by atoms with Gasteiger partial charge in [-0.05, 0) is 0 Å². The zero-order valence-corrected chi connectivity index (χ0v) is 5.26. The highest BCUT2D eigenvalue weighted by Crippen LogP contribution is 2.00. The van der Waals surface area contributed by atoms with Crippen molar-refractivity contribution in [2.24, 2.45) is 0 Å². The van der Waals surface area contributed by atoms with Gasteiger partial charge >= 0.3 is 5.97 Å². The second-order valence-electron chi connectivity index (χ2n) is 2.02. The SMILES string of the molecule is O=C1CC=C(C(=O)O)CN1. The minimum absolute atomic E-state index is 0.120. The van der Waals surface area contributed by atoms with Crippen LogP contribution in [0.1, 0.15) is 6.42 Å². The molecule has 0 bridgehead atoms. The lowest BCUT2D eigenvalue weighted by molar-refractivity contribution is -0.132. The van der Waals surface area contributed by atoms with Crippen molar-refractivity contribution < 1.29 is 14.7 Å². The molecule has 0 spiro atoms. The minimum atomic E-state index is -0.958. The van der Waals surface area contributed by atoms with Crippen molar-refractivity contribution in [1.82, 2.24) is 5.32 Å². The van der Waals surface area contributed by atoms with Gasteiger partial charge in [-0.1, -0.05) is 6.08 Å². The van der Waals surface area contributed by atoms with E-state index in [-0.39, 0.29) is 24.4 Å². The van der Waals surface area contributed by atoms with Crippen LogP contribution in [0.15, 0.2) is 11.6 Å². The zero-order valence-electron chi connectivity index (χ0n) is 5.26. The highest BCUT2D eigenvalue weighted by molar-refractivity contribution is 5.91. The van der Waals surface area contributed by atoms with Crippen LogP contribution in [0.3, 0.4) is 0 Å². The Hall–Kier alpha value is -1.32. The summed E-state index contributed by atoms with van der Waals surface area (Å²) in [5, 5.41) is 10.8. The molecule has 0 saturated carbocycles. The Kier molecular flexibility index (Phi) is 1.71. The van der Waals surface area contributed by atoms with Crippen molar-refractivity contribution in [3.63, 3.8) is 0 Å². The summed E-state index contributed by atoms with van der Waals surface area (Å²) in [7, 11) is 0. The summed E-state index contributed by atoms with van der Waals surface area (Å²) in [6.45, 7) is 0.147. The summed E-state index contributed by atoms with van der Waals surface area (Å²) >= 11 is 0. The van der Waals surface area contributed by atoms with Gasteiger partial charge in [0.1, 0.15) is 0 Å². The fourth-order valence-electron chi connectivity index (χ4n) is 0.717. The summed E-state index contributed by atoms with van der Waals surface area (Å²) in [5.41, 5.74) is 0.264. The Bertz CT molecular complexity index is 207. The fourth-order valence-corrected chi connectivity index (χ4v) is 0.717. The van der Waals surface area contributed by atoms with Crippen LogP contribution < -0.4 is 5.32 Å². The molecule has 0 fully saturated rings. The molecule has 4 nitrogen and oxygen atoms in total. The molecule has 54 valence electrons. The van der Waals surface area contributed by atoms with Crippen molar-refractivity contribution >= 4 is 11.9 Å². The summed E-state index contributed by atoms with van der Waals surface area (Å²) in [4.78, 5) is 20.7. The first-order chi connectivity index (χ1) is 4.70. The van der Waals surface area contributed by atoms with Gasteiger partial charge in [0, 0.05) is 13.0 Å². The predicted octanol–water partition coefficient (Wildman–Crippen LogP) is -0.483. The van der Waals surface area contributed by atoms with E-state index in [1.54, 1.807) is 0 Å². The number of carboxylic acid groups (broad SMARTS) is 1. The molecule has 2 N–H and O–H groups in total. The van der Waals surface area contributed by atoms with Gasteiger partial charge in [0.2, 0.25) is 5.91 Å². The van der Waals surface area contributed by atoms with E-state index in [1.165, 1.54) is 6.08 Å². The molecule has 1 amide bonds. The van der Waals surface area contributed by atoms with Gasteiger partial charge in [0.05, 0.1) is 5.57 Å². The third kappa shape index (κ3) is 1.34. The number of hydrogen-bond donors (Lipinski definition) is 2. The van der Waals surface area contributed by atoms with Crippen molar-refractivity contribution in [3.8, 4) is 0 Å². The summed E-state index contributed by atoms with van der Waals surface area (Å²) in [6, 6.07) is 0. The van der Waals surface area contributed by atoms with Gasteiger partial charge in [0.15, 0.2) is 0 Å². The van der Waals surface area contributed by atoms with Crippen LogP contribution in [0.25, 0.3) is 0 Å². The summed E-state index contributed by atoms with van der Waals surface area (Å²) < 4.78 is 0. The number of carbonyl (C=O) groups excluding carboxylic acids is 1. The van der Waals surface area contributed by atoms with E-state index in [0.717, 1.165) is 0 Å². The highest BCUT2D eigenvalue weighted by Gasteiger charge is 2.13. The lowest BCUT2D eigenvalue weighted by Crippen LogP contribution is -2.30. The molecule has 1 aliphatic heterocycles. The van der Waals surface area contributed by atoms with Crippen molar-refractivity contribution in [2.45, 2.75) is 6.42 Å². The predicted molar refractivity (Wildman–Crippen MR) is 33.3 cm³/mol. The van der Waals surface area contributed by atoms with E-state index in [9.17, 15) is 9.59 Å². The highest BCUT2D eigenvalue weighted by atomic mass is 16.4. The molecule has 4 heteroatoms. The Morgan fingerprint density at radius 1 is 1.70 bits per heavy atom. The van der Waals surface area contributed by atoms with Gasteiger partial charge in [-0.25, -0.2) is 4.79 Å². The molecular weight excluding hydrogens is 134 g/mol. The van der Waals surface area contributed by atoms with Crippen molar-refractivity contribution in [1.29, 1.82) is 0 Å². The van der Waals surface area contributed by atoms with Gasteiger partial charge in [-0.3, -0.25) is 4.79 Å². The van der Waals surface area contributed by atoms with E-state index in [4.69, 9.17) is 5.11 Å². The molecule has 0 aromatic carbocycles. The minimum Gasteiger partial charge on any atom is -0.478 e. The van der Waals surface area contributed by atoms with Crippen LogP contribution in [0.2, 0.25) is 0 Å². The summed E-state index contributed by atoms with van der Waals surface area (Å²) in [5.74, 6) is -1.08. The molecule has 0 aromatic rings. The van der Waals surface area contributed by atoms with Gasteiger partial charge in [-0.2, -0.15) is 0 Å². The van der Waals surface area contributed by atoms with E-state index < -0.39 is 5.97 Å². The third-order valence-corrected chi connectivity index (χ3v) is 1.28. The first-order valence-electron chi connectivity index (χ1n) is 2.89. The Morgan fingerprint density at radius 2 is 2.40 bits per heavy atom. The molecule has 0 radical (unpaired) electrons. The fraction of sp³-hybridized carbons (Fsp3) is 0.333. The van der Waals surface area contributed by atoms with E-state index in [1.807, 2.05) is 0 Å². The average molecular weight is 141 g/mol. The molecule has 1 heterocycles. The number of rotatable bonds is 1. The Labute approximate surface area is 57.5 Å². The Morgan fingerprint density at radius 3 is 2.80 bits per heavy atom. The molecule has 0 saturated heterocycles. The van der Waals surface area contributed by atoms with E-state index >= 15 is 0 Å². The number of carboxylic acids is 1. The lowest BCUT2D eigenvalue weighted by Gasteiger charge is -2.09. The second kappa shape index (κ2) is 2.51. The molecule has 10 heavy (non-hydrogen) atoms. The van der Waals surface area contributed by atoms with Gasteiger partial charge in [-0.15, -0.1) is 0 Å². The number of hydrogen-bond acceptors (Lipinski definition) is 2. The maximum Gasteiger partial charge on any atom is 0.333 e. The first kappa shape index (κ1) is 6.80. The lowest BCUT2D eigenvalue weighted by atomic mass is 10.1. The third-order valence-electron chi connectivity index (χ3n) is 1.28. The zero-order chi connectivity index (χ0) is 7.56. The molecule has 0 unspecified atom stereocenters. The molecule has 0 aromatic heterocycles. The molecular formula is C6H7NO3. The number of amides is 1. The molecule has 0 aliphatic carbocycles. The van der Waals surface area contributed by atoms with Crippen LogP contribution >= 0.6 is 0 Å². The topological polar surface area (TPSA) is 66.4 Å². The van der Waals surface area contributed by atoms with Gasteiger partial charge in [0.25, 0.3) is 0 Å². The molecule has 1 rings (SSSR count). The molecule has 0 atom stereocenters. The molecule has 1 aliphatic rings. The van der Waals surface area contributed by atoms with Crippen molar-refractivity contribution in [3.05, 3.63) is 11.6 Å². The quantitative estimate of drug-likeness (QED) is 0.518. The van der Waals surface area contributed by atoms with Crippen LogP contribution in [-0.2, 0) is 9.59 Å². The van der Waals surface area contributed by atoms with Crippen LogP contribution in [0.5, 0.6) is 0 Å². The van der Waals surface area contributed by atoms with E-state index in [2.05, 4.69) is 5.32 Å².